The molecule has 1 amide bonds. The van der Waals surface area contributed by atoms with Gasteiger partial charge in [0.1, 0.15) is 5.82 Å². The number of carbonyl (C=O) groups excluding carboxylic acids is 1. The van der Waals surface area contributed by atoms with Gasteiger partial charge in [-0.3, -0.25) is 9.69 Å². The number of rotatable bonds is 4. The van der Waals surface area contributed by atoms with Crippen molar-refractivity contribution in [1.82, 2.24) is 14.7 Å². The summed E-state index contributed by atoms with van der Waals surface area (Å²) in [7, 11) is 0. The number of nitrogens with one attached hydrogen (secondary N) is 1. The van der Waals surface area contributed by atoms with E-state index in [1.54, 1.807) is 6.20 Å². The van der Waals surface area contributed by atoms with Gasteiger partial charge in [-0.1, -0.05) is 12.8 Å². The van der Waals surface area contributed by atoms with E-state index >= 15 is 0 Å². The number of amides is 1. The van der Waals surface area contributed by atoms with Crippen LogP contribution in [0.1, 0.15) is 45.6 Å². The largest absolute Gasteiger partial charge is 0.373 e. The van der Waals surface area contributed by atoms with Crippen molar-refractivity contribution in [1.29, 1.82) is 0 Å². The van der Waals surface area contributed by atoms with Crippen LogP contribution in [0.15, 0.2) is 12.3 Å². The van der Waals surface area contributed by atoms with E-state index in [1.165, 1.54) is 12.8 Å². The Morgan fingerprint density at radius 3 is 2.68 bits per heavy atom. The molecular formula is C16H26N4O2. The van der Waals surface area contributed by atoms with Gasteiger partial charge in [0.25, 0.3) is 0 Å². The molecule has 1 N–H and O–H groups in total. The standard InChI is InChI=1S/C16H26N4O2/c1-12-9-19(10-13(2)22-12)11-16(21)18-15-7-8-17-20(15)14-5-3-4-6-14/h7-8,12-14H,3-6,9-11H2,1-2H3,(H,18,21). The molecule has 1 aromatic heterocycles. The molecule has 2 fully saturated rings. The molecule has 2 aliphatic rings. The van der Waals surface area contributed by atoms with Gasteiger partial charge in [0.15, 0.2) is 0 Å². The second kappa shape index (κ2) is 6.79. The Bertz CT molecular complexity index is 500. The minimum absolute atomic E-state index is 0.0287. The molecule has 22 heavy (non-hydrogen) atoms. The van der Waals surface area contributed by atoms with Crippen LogP contribution in [0.25, 0.3) is 0 Å². The molecule has 0 aromatic carbocycles. The molecule has 1 saturated heterocycles. The van der Waals surface area contributed by atoms with Crippen molar-refractivity contribution < 1.29 is 9.53 Å². The van der Waals surface area contributed by atoms with E-state index in [0.717, 1.165) is 31.7 Å². The maximum absolute atomic E-state index is 12.3. The third-order valence-electron chi connectivity index (χ3n) is 4.47. The fraction of sp³-hybridized carbons (Fsp3) is 0.750. The first kappa shape index (κ1) is 15.5. The van der Waals surface area contributed by atoms with Crippen LogP contribution in [0.2, 0.25) is 0 Å². The van der Waals surface area contributed by atoms with Gasteiger partial charge in [0, 0.05) is 19.2 Å². The van der Waals surface area contributed by atoms with E-state index in [0.29, 0.717) is 12.6 Å². The van der Waals surface area contributed by atoms with Crippen LogP contribution in [0.3, 0.4) is 0 Å². The van der Waals surface area contributed by atoms with Gasteiger partial charge >= 0.3 is 0 Å². The van der Waals surface area contributed by atoms with Gasteiger partial charge < -0.3 is 10.1 Å². The Kier molecular flexibility index (Phi) is 4.78. The number of ether oxygens (including phenoxy) is 1. The third-order valence-corrected chi connectivity index (χ3v) is 4.47. The number of morpholine rings is 1. The highest BCUT2D eigenvalue weighted by molar-refractivity contribution is 5.91. The Balaban J connectivity index is 1.57. The quantitative estimate of drug-likeness (QED) is 0.925. The first-order valence-corrected chi connectivity index (χ1v) is 8.33. The van der Waals surface area contributed by atoms with Gasteiger partial charge in [-0.15, -0.1) is 0 Å². The zero-order chi connectivity index (χ0) is 15.5. The second-order valence-electron chi connectivity index (χ2n) is 6.60. The van der Waals surface area contributed by atoms with E-state index in [1.807, 2.05) is 10.7 Å². The van der Waals surface area contributed by atoms with Crippen LogP contribution >= 0.6 is 0 Å². The topological polar surface area (TPSA) is 59.4 Å². The van der Waals surface area contributed by atoms with Crippen LogP contribution in [0.4, 0.5) is 5.82 Å². The van der Waals surface area contributed by atoms with Crippen LogP contribution < -0.4 is 5.32 Å². The molecule has 1 aliphatic heterocycles. The molecule has 2 heterocycles. The molecule has 6 heteroatoms. The lowest BCUT2D eigenvalue weighted by Crippen LogP contribution is -2.48. The van der Waals surface area contributed by atoms with Gasteiger partial charge in [0.05, 0.1) is 31.0 Å². The zero-order valence-electron chi connectivity index (χ0n) is 13.5. The highest BCUT2D eigenvalue weighted by Gasteiger charge is 2.25. The van der Waals surface area contributed by atoms with Crippen LogP contribution in [-0.4, -0.2) is 52.4 Å². The molecule has 2 atom stereocenters. The summed E-state index contributed by atoms with van der Waals surface area (Å²) in [6, 6.07) is 2.33. The Morgan fingerprint density at radius 2 is 2.00 bits per heavy atom. The zero-order valence-corrected chi connectivity index (χ0v) is 13.5. The number of carbonyl (C=O) groups is 1. The Hall–Kier alpha value is -1.40. The van der Waals surface area contributed by atoms with Crippen molar-refractivity contribution in [3.05, 3.63) is 12.3 Å². The van der Waals surface area contributed by atoms with Crippen molar-refractivity contribution in [2.45, 2.75) is 57.8 Å². The molecule has 1 aromatic rings. The van der Waals surface area contributed by atoms with Gasteiger partial charge in [-0.2, -0.15) is 5.10 Å². The first-order chi connectivity index (χ1) is 10.6. The number of nitrogens with zero attached hydrogens (tertiary/aromatic N) is 3. The predicted octanol–water partition coefficient (Wildman–Crippen LogP) is 2.05. The Morgan fingerprint density at radius 1 is 1.32 bits per heavy atom. The second-order valence-corrected chi connectivity index (χ2v) is 6.60. The number of hydrogen-bond acceptors (Lipinski definition) is 4. The first-order valence-electron chi connectivity index (χ1n) is 8.33. The number of hydrogen-bond donors (Lipinski definition) is 1. The summed E-state index contributed by atoms with van der Waals surface area (Å²) in [6.07, 6.45) is 6.95. The fourth-order valence-corrected chi connectivity index (χ4v) is 3.65. The van der Waals surface area contributed by atoms with Crippen molar-refractivity contribution in [3.8, 4) is 0 Å². The van der Waals surface area contributed by atoms with Crippen molar-refractivity contribution in [2.75, 3.05) is 25.0 Å². The van der Waals surface area contributed by atoms with Gasteiger partial charge in [0.2, 0.25) is 5.91 Å². The lowest BCUT2D eigenvalue weighted by molar-refractivity contribution is -0.121. The average Bonchev–Trinajstić information content (AvgIpc) is 3.07. The lowest BCUT2D eigenvalue weighted by atomic mass is 10.2. The van der Waals surface area contributed by atoms with Crippen LogP contribution in [0, 0.1) is 0 Å². The van der Waals surface area contributed by atoms with E-state index in [-0.39, 0.29) is 18.1 Å². The fourth-order valence-electron chi connectivity index (χ4n) is 3.65. The minimum atomic E-state index is 0.0287. The average molecular weight is 306 g/mol. The van der Waals surface area contributed by atoms with Gasteiger partial charge in [-0.05, 0) is 26.7 Å². The summed E-state index contributed by atoms with van der Waals surface area (Å²) < 4.78 is 7.68. The van der Waals surface area contributed by atoms with Crippen molar-refractivity contribution in [2.24, 2.45) is 0 Å². The molecular weight excluding hydrogens is 280 g/mol. The molecule has 3 rings (SSSR count). The molecule has 122 valence electrons. The summed E-state index contributed by atoms with van der Waals surface area (Å²) in [6.45, 7) is 6.12. The molecule has 6 nitrogen and oxygen atoms in total. The normalized spacial score (nSPS) is 27.2. The summed E-state index contributed by atoms with van der Waals surface area (Å²) in [5.41, 5.74) is 0. The van der Waals surface area contributed by atoms with Gasteiger partial charge in [-0.25, -0.2) is 4.68 Å². The SMILES string of the molecule is CC1CN(CC(=O)Nc2ccnn2C2CCCC2)CC(C)O1. The highest BCUT2D eigenvalue weighted by atomic mass is 16.5. The molecule has 1 aliphatic carbocycles. The van der Waals surface area contributed by atoms with E-state index in [2.05, 4.69) is 29.2 Å². The maximum atomic E-state index is 12.3. The minimum Gasteiger partial charge on any atom is -0.373 e. The summed E-state index contributed by atoms with van der Waals surface area (Å²) in [5.74, 6) is 0.854. The number of anilines is 1. The van der Waals surface area contributed by atoms with Crippen molar-refractivity contribution in [3.63, 3.8) is 0 Å². The summed E-state index contributed by atoms with van der Waals surface area (Å²) in [4.78, 5) is 14.5. The maximum Gasteiger partial charge on any atom is 0.239 e. The summed E-state index contributed by atoms with van der Waals surface area (Å²) >= 11 is 0. The van der Waals surface area contributed by atoms with Crippen LogP contribution in [0.5, 0.6) is 0 Å². The predicted molar refractivity (Wildman–Crippen MR) is 84.8 cm³/mol. The summed E-state index contributed by atoms with van der Waals surface area (Å²) in [5, 5.41) is 7.41. The number of aromatic nitrogens is 2. The smallest absolute Gasteiger partial charge is 0.239 e. The molecule has 0 spiro atoms. The van der Waals surface area contributed by atoms with E-state index in [9.17, 15) is 4.79 Å². The molecule has 1 saturated carbocycles. The third kappa shape index (κ3) is 3.67. The van der Waals surface area contributed by atoms with Crippen LogP contribution in [-0.2, 0) is 9.53 Å². The molecule has 0 bridgehead atoms. The highest BCUT2D eigenvalue weighted by Crippen LogP contribution is 2.31. The van der Waals surface area contributed by atoms with E-state index < -0.39 is 0 Å². The molecule has 2 unspecified atom stereocenters. The Labute approximate surface area is 131 Å². The molecule has 0 radical (unpaired) electrons. The lowest BCUT2D eigenvalue weighted by Gasteiger charge is -2.34. The monoisotopic (exact) mass is 306 g/mol. The van der Waals surface area contributed by atoms with Crippen molar-refractivity contribution >= 4 is 11.7 Å². The van der Waals surface area contributed by atoms with E-state index in [4.69, 9.17) is 4.74 Å².